The predicted octanol–water partition coefficient (Wildman–Crippen LogP) is 2.97. The zero-order valence-electron chi connectivity index (χ0n) is 12.7. The Labute approximate surface area is 130 Å². The minimum atomic E-state index is 0.0552. The van der Waals surface area contributed by atoms with Gasteiger partial charge in [-0.15, -0.1) is 11.3 Å². The molecule has 4 nitrogen and oxygen atoms in total. The quantitative estimate of drug-likeness (QED) is 0.898. The molecule has 2 fully saturated rings. The maximum Gasteiger partial charge on any atom is 0.263 e. The van der Waals surface area contributed by atoms with Crippen molar-refractivity contribution in [1.82, 2.24) is 10.3 Å². The number of nitrogens with zero attached hydrogens (tertiary/aromatic N) is 1. The number of rotatable bonds is 4. The summed E-state index contributed by atoms with van der Waals surface area (Å²) in [7, 11) is 0. The van der Waals surface area contributed by atoms with Crippen LogP contribution in [-0.4, -0.2) is 23.5 Å². The molecule has 1 aromatic heterocycles. The van der Waals surface area contributed by atoms with Crippen LogP contribution in [0.25, 0.3) is 0 Å². The highest BCUT2D eigenvalue weighted by Crippen LogP contribution is 2.37. The van der Waals surface area contributed by atoms with Gasteiger partial charge in [0.2, 0.25) is 0 Å². The average molecular weight is 307 g/mol. The maximum absolute atomic E-state index is 12.5. The molecule has 21 heavy (non-hydrogen) atoms. The summed E-state index contributed by atoms with van der Waals surface area (Å²) in [4.78, 5) is 18.0. The summed E-state index contributed by atoms with van der Waals surface area (Å²) in [6, 6.07) is 0.249. The molecule has 2 aliphatic rings. The van der Waals surface area contributed by atoms with Gasteiger partial charge in [-0.25, -0.2) is 4.98 Å². The number of aromatic nitrogens is 1. The van der Waals surface area contributed by atoms with Crippen molar-refractivity contribution < 1.29 is 4.79 Å². The fourth-order valence-electron chi connectivity index (χ4n) is 3.72. The van der Waals surface area contributed by atoms with Gasteiger partial charge in [-0.1, -0.05) is 19.3 Å². The van der Waals surface area contributed by atoms with Crippen molar-refractivity contribution in [1.29, 1.82) is 0 Å². The molecule has 0 aromatic carbocycles. The van der Waals surface area contributed by atoms with Crippen LogP contribution < -0.4 is 11.1 Å². The second-order valence-corrected chi connectivity index (χ2v) is 7.49. The lowest BCUT2D eigenvalue weighted by atomic mass is 10.0. The van der Waals surface area contributed by atoms with Crippen LogP contribution in [0.15, 0.2) is 0 Å². The van der Waals surface area contributed by atoms with Gasteiger partial charge in [-0.05, 0) is 45.1 Å². The zero-order chi connectivity index (χ0) is 14.8. The lowest BCUT2D eigenvalue weighted by Crippen LogP contribution is -2.39. The maximum atomic E-state index is 12.5. The van der Waals surface area contributed by atoms with Crippen molar-refractivity contribution in [3.05, 3.63) is 15.6 Å². The highest BCUT2D eigenvalue weighted by molar-refractivity contribution is 7.13. The number of carbonyl (C=O) groups excluding carboxylic acids is 1. The number of hydrogen-bond acceptors (Lipinski definition) is 4. The molecule has 2 saturated carbocycles. The summed E-state index contributed by atoms with van der Waals surface area (Å²) in [6.45, 7) is 2.62. The van der Waals surface area contributed by atoms with Gasteiger partial charge in [0, 0.05) is 12.0 Å². The molecule has 3 N–H and O–H groups in total. The fourth-order valence-corrected chi connectivity index (χ4v) is 4.86. The molecule has 0 bridgehead atoms. The van der Waals surface area contributed by atoms with Gasteiger partial charge >= 0.3 is 0 Å². The lowest BCUT2D eigenvalue weighted by Gasteiger charge is -2.19. The Kier molecular flexibility index (Phi) is 4.60. The summed E-state index contributed by atoms with van der Waals surface area (Å²) in [5.41, 5.74) is 6.68. The molecular formula is C16H25N3OS. The van der Waals surface area contributed by atoms with Crippen molar-refractivity contribution in [3.63, 3.8) is 0 Å². The Bertz CT molecular complexity index is 508. The predicted molar refractivity (Wildman–Crippen MR) is 85.7 cm³/mol. The topological polar surface area (TPSA) is 68.0 Å². The third-order valence-corrected chi connectivity index (χ3v) is 6.32. The highest BCUT2D eigenvalue weighted by Gasteiger charge is 2.29. The summed E-state index contributed by atoms with van der Waals surface area (Å²) in [6.07, 6.45) is 8.41. The van der Waals surface area contributed by atoms with E-state index in [-0.39, 0.29) is 11.9 Å². The van der Waals surface area contributed by atoms with E-state index in [4.69, 9.17) is 5.73 Å². The summed E-state index contributed by atoms with van der Waals surface area (Å²) < 4.78 is 0. The fraction of sp³-hybridized carbons (Fsp3) is 0.750. The minimum absolute atomic E-state index is 0.0552. The Hall–Kier alpha value is -0.940. The smallest absolute Gasteiger partial charge is 0.263 e. The Morgan fingerprint density at radius 1 is 1.29 bits per heavy atom. The molecule has 1 heterocycles. The molecule has 1 aromatic rings. The molecule has 2 aliphatic carbocycles. The second-order valence-electron chi connectivity index (χ2n) is 6.45. The van der Waals surface area contributed by atoms with Crippen molar-refractivity contribution in [2.45, 2.75) is 63.8 Å². The van der Waals surface area contributed by atoms with E-state index in [0.717, 1.165) is 28.4 Å². The van der Waals surface area contributed by atoms with Crippen LogP contribution in [0.3, 0.4) is 0 Å². The molecule has 5 heteroatoms. The van der Waals surface area contributed by atoms with Gasteiger partial charge in [-0.2, -0.15) is 0 Å². The lowest BCUT2D eigenvalue weighted by molar-refractivity contribution is 0.0932. The van der Waals surface area contributed by atoms with Crippen molar-refractivity contribution in [2.24, 2.45) is 11.7 Å². The monoisotopic (exact) mass is 307 g/mol. The number of nitrogens with one attached hydrogen (secondary N) is 1. The normalized spacial score (nSPS) is 26.4. The van der Waals surface area contributed by atoms with Crippen molar-refractivity contribution in [2.75, 3.05) is 6.54 Å². The van der Waals surface area contributed by atoms with E-state index in [1.807, 2.05) is 6.92 Å². The van der Waals surface area contributed by atoms with E-state index >= 15 is 0 Å². The van der Waals surface area contributed by atoms with Crippen molar-refractivity contribution >= 4 is 17.2 Å². The van der Waals surface area contributed by atoms with Crippen LogP contribution in [-0.2, 0) is 0 Å². The first-order valence-corrected chi connectivity index (χ1v) is 8.99. The van der Waals surface area contributed by atoms with Gasteiger partial charge in [0.15, 0.2) is 0 Å². The van der Waals surface area contributed by atoms with Gasteiger partial charge in [0.1, 0.15) is 4.88 Å². The first-order chi connectivity index (χ1) is 10.2. The number of amides is 1. The van der Waals surface area contributed by atoms with E-state index in [1.165, 1.54) is 32.1 Å². The Morgan fingerprint density at radius 2 is 2.05 bits per heavy atom. The van der Waals surface area contributed by atoms with Crippen LogP contribution >= 0.6 is 11.3 Å². The van der Waals surface area contributed by atoms with E-state index in [9.17, 15) is 4.79 Å². The Morgan fingerprint density at radius 3 is 2.76 bits per heavy atom. The largest absolute Gasteiger partial charge is 0.348 e. The van der Waals surface area contributed by atoms with E-state index in [0.29, 0.717) is 18.4 Å². The molecule has 0 radical (unpaired) electrons. The van der Waals surface area contributed by atoms with Crippen LogP contribution in [0.2, 0.25) is 0 Å². The van der Waals surface area contributed by atoms with Crippen LogP contribution in [0.5, 0.6) is 0 Å². The number of thiazole rings is 1. The summed E-state index contributed by atoms with van der Waals surface area (Å²) in [5.74, 6) is 1.08. The summed E-state index contributed by atoms with van der Waals surface area (Å²) in [5, 5.41) is 4.36. The van der Waals surface area contributed by atoms with E-state index < -0.39 is 0 Å². The zero-order valence-corrected chi connectivity index (χ0v) is 13.5. The van der Waals surface area contributed by atoms with Crippen LogP contribution in [0.4, 0.5) is 0 Å². The van der Waals surface area contributed by atoms with Gasteiger partial charge < -0.3 is 11.1 Å². The van der Waals surface area contributed by atoms with Crippen molar-refractivity contribution in [3.8, 4) is 0 Å². The third-order valence-electron chi connectivity index (χ3n) is 5.00. The molecule has 0 aliphatic heterocycles. The van der Waals surface area contributed by atoms with Crippen LogP contribution in [0, 0.1) is 12.8 Å². The molecule has 2 unspecified atom stereocenters. The number of aryl methyl sites for hydroxylation is 1. The number of nitrogens with two attached hydrogens (primary N) is 1. The van der Waals surface area contributed by atoms with Gasteiger partial charge in [0.25, 0.3) is 5.91 Å². The highest BCUT2D eigenvalue weighted by atomic mass is 32.1. The summed E-state index contributed by atoms with van der Waals surface area (Å²) >= 11 is 1.60. The third kappa shape index (κ3) is 3.14. The first-order valence-electron chi connectivity index (χ1n) is 8.17. The van der Waals surface area contributed by atoms with Gasteiger partial charge in [-0.3, -0.25) is 4.79 Å². The van der Waals surface area contributed by atoms with Gasteiger partial charge in [0.05, 0.1) is 10.7 Å². The molecule has 3 rings (SSSR count). The van der Waals surface area contributed by atoms with Crippen LogP contribution in [0.1, 0.15) is 71.2 Å². The van der Waals surface area contributed by atoms with E-state index in [1.54, 1.807) is 11.3 Å². The molecule has 0 saturated heterocycles. The molecule has 2 atom stereocenters. The van der Waals surface area contributed by atoms with E-state index in [2.05, 4.69) is 10.3 Å². The SMILES string of the molecule is Cc1nc(C2CCCC2)sc1C(=O)NC1CCCC1CN. The number of hydrogen-bond donors (Lipinski definition) is 2. The molecular weight excluding hydrogens is 282 g/mol. The molecule has 0 spiro atoms. The second kappa shape index (κ2) is 6.44. The minimum Gasteiger partial charge on any atom is -0.348 e. The number of carbonyl (C=O) groups is 1. The first kappa shape index (κ1) is 15.0. The molecule has 1 amide bonds. The standard InChI is InChI=1S/C16H25N3OS/c1-10-14(21-16(18-10)11-5-2-3-6-11)15(20)19-13-8-4-7-12(13)9-17/h11-13H,2-9,17H2,1H3,(H,19,20). The average Bonchev–Trinajstić information content (AvgIpc) is 3.17. The molecule has 116 valence electrons. The Balaban J connectivity index is 1.69.